The Kier molecular flexibility index (Phi) is 3.76. The van der Waals surface area contributed by atoms with Crippen LogP contribution in [0.4, 0.5) is 0 Å². The summed E-state index contributed by atoms with van der Waals surface area (Å²) in [4.78, 5) is 15.0. The fraction of sp³-hybridized carbons (Fsp3) is 0.400. The molecule has 0 bridgehead atoms. The van der Waals surface area contributed by atoms with E-state index < -0.39 is 12.2 Å². The standard InChI is InChI=1S/C10H14N2O3/c1-6(13)9(14)7-3-4-8(12-5-7)10(15)11-2/h3-6,9,13-14H,1-2H3,(H,11,15). The van der Waals surface area contributed by atoms with E-state index in [9.17, 15) is 9.90 Å². The van der Waals surface area contributed by atoms with Crippen LogP contribution >= 0.6 is 0 Å². The molecule has 0 spiro atoms. The van der Waals surface area contributed by atoms with Crippen LogP contribution in [-0.4, -0.2) is 34.3 Å². The summed E-state index contributed by atoms with van der Waals surface area (Å²) in [7, 11) is 1.52. The third-order valence-corrected chi connectivity index (χ3v) is 2.04. The average Bonchev–Trinajstić information content (AvgIpc) is 2.27. The van der Waals surface area contributed by atoms with Crippen LogP contribution in [0.15, 0.2) is 18.3 Å². The second-order valence-electron chi connectivity index (χ2n) is 3.24. The molecule has 5 heteroatoms. The number of nitrogens with one attached hydrogen (secondary N) is 1. The summed E-state index contributed by atoms with van der Waals surface area (Å²) in [6.07, 6.45) is -0.462. The van der Waals surface area contributed by atoms with Crippen LogP contribution in [0.1, 0.15) is 29.1 Å². The lowest BCUT2D eigenvalue weighted by molar-refractivity contribution is 0.0303. The molecule has 0 fully saturated rings. The summed E-state index contributed by atoms with van der Waals surface area (Å²) in [5, 5.41) is 21.1. The highest BCUT2D eigenvalue weighted by molar-refractivity contribution is 5.91. The van der Waals surface area contributed by atoms with E-state index in [-0.39, 0.29) is 11.6 Å². The van der Waals surface area contributed by atoms with Gasteiger partial charge in [-0.1, -0.05) is 6.07 Å². The molecule has 1 heterocycles. The van der Waals surface area contributed by atoms with Crippen molar-refractivity contribution in [3.8, 4) is 0 Å². The van der Waals surface area contributed by atoms with E-state index in [0.29, 0.717) is 5.56 Å². The SMILES string of the molecule is CNC(=O)c1ccc(C(O)C(C)O)cn1. The van der Waals surface area contributed by atoms with Gasteiger partial charge in [-0.15, -0.1) is 0 Å². The monoisotopic (exact) mass is 210 g/mol. The fourth-order valence-electron chi connectivity index (χ4n) is 1.12. The van der Waals surface area contributed by atoms with Crippen LogP contribution in [0.25, 0.3) is 0 Å². The highest BCUT2D eigenvalue weighted by atomic mass is 16.3. The normalized spacial score (nSPS) is 14.4. The molecule has 5 nitrogen and oxygen atoms in total. The number of hydrogen-bond donors (Lipinski definition) is 3. The molecular weight excluding hydrogens is 196 g/mol. The van der Waals surface area contributed by atoms with E-state index >= 15 is 0 Å². The molecule has 0 aromatic carbocycles. The van der Waals surface area contributed by atoms with E-state index in [1.165, 1.54) is 26.2 Å². The Hall–Kier alpha value is -1.46. The summed E-state index contributed by atoms with van der Waals surface area (Å²) in [6, 6.07) is 3.06. The first-order valence-electron chi connectivity index (χ1n) is 4.60. The molecule has 82 valence electrons. The van der Waals surface area contributed by atoms with Crippen LogP contribution < -0.4 is 5.32 Å². The molecule has 2 unspecified atom stereocenters. The van der Waals surface area contributed by atoms with Gasteiger partial charge in [0.05, 0.1) is 6.10 Å². The summed E-state index contributed by atoms with van der Waals surface area (Å²) in [5.41, 5.74) is 0.761. The zero-order chi connectivity index (χ0) is 11.4. The number of amides is 1. The van der Waals surface area contributed by atoms with Crippen molar-refractivity contribution in [2.75, 3.05) is 7.05 Å². The largest absolute Gasteiger partial charge is 0.390 e. The maximum absolute atomic E-state index is 11.1. The molecule has 3 N–H and O–H groups in total. The van der Waals surface area contributed by atoms with Crippen LogP contribution in [0, 0.1) is 0 Å². The lowest BCUT2D eigenvalue weighted by atomic mass is 10.1. The van der Waals surface area contributed by atoms with E-state index in [4.69, 9.17) is 5.11 Å². The van der Waals surface area contributed by atoms with E-state index in [2.05, 4.69) is 10.3 Å². The van der Waals surface area contributed by atoms with Crippen molar-refractivity contribution >= 4 is 5.91 Å². The number of aliphatic hydroxyl groups excluding tert-OH is 2. The second kappa shape index (κ2) is 4.86. The molecule has 1 aromatic rings. The summed E-state index contributed by atoms with van der Waals surface area (Å²) < 4.78 is 0. The third kappa shape index (κ3) is 2.74. The Morgan fingerprint density at radius 1 is 1.47 bits per heavy atom. The molecule has 0 aliphatic heterocycles. The molecule has 0 aliphatic carbocycles. The van der Waals surface area contributed by atoms with Gasteiger partial charge in [-0.05, 0) is 13.0 Å². The number of carbonyl (C=O) groups is 1. The van der Waals surface area contributed by atoms with Crippen molar-refractivity contribution in [1.29, 1.82) is 0 Å². The van der Waals surface area contributed by atoms with Crippen molar-refractivity contribution < 1.29 is 15.0 Å². The number of carbonyl (C=O) groups excluding carboxylic acids is 1. The first kappa shape index (κ1) is 11.6. The number of rotatable bonds is 3. The molecule has 1 amide bonds. The molecular formula is C10H14N2O3. The lowest BCUT2D eigenvalue weighted by Gasteiger charge is -2.13. The highest BCUT2D eigenvalue weighted by Crippen LogP contribution is 2.15. The van der Waals surface area contributed by atoms with Crippen molar-refractivity contribution in [3.63, 3.8) is 0 Å². The first-order valence-corrected chi connectivity index (χ1v) is 4.60. The number of hydrogen-bond acceptors (Lipinski definition) is 4. The minimum Gasteiger partial charge on any atom is -0.390 e. The smallest absolute Gasteiger partial charge is 0.269 e. The fourth-order valence-corrected chi connectivity index (χ4v) is 1.12. The number of pyridine rings is 1. The van der Waals surface area contributed by atoms with Crippen molar-refractivity contribution in [1.82, 2.24) is 10.3 Å². The van der Waals surface area contributed by atoms with Gasteiger partial charge in [0.25, 0.3) is 5.91 Å². The summed E-state index contributed by atoms with van der Waals surface area (Å²) in [6.45, 7) is 1.48. The Bertz CT molecular complexity index is 335. The molecule has 2 atom stereocenters. The molecule has 1 rings (SSSR count). The van der Waals surface area contributed by atoms with Gasteiger partial charge in [0.2, 0.25) is 0 Å². The van der Waals surface area contributed by atoms with Crippen LogP contribution in [0.5, 0.6) is 0 Å². The van der Waals surface area contributed by atoms with Gasteiger partial charge in [-0.2, -0.15) is 0 Å². The van der Waals surface area contributed by atoms with Gasteiger partial charge in [-0.25, -0.2) is 0 Å². The second-order valence-corrected chi connectivity index (χ2v) is 3.24. The van der Waals surface area contributed by atoms with Gasteiger partial charge in [-0.3, -0.25) is 9.78 Å². The number of nitrogens with zero attached hydrogens (tertiary/aromatic N) is 1. The predicted molar refractivity (Wildman–Crippen MR) is 54.3 cm³/mol. The van der Waals surface area contributed by atoms with Gasteiger partial charge in [0, 0.05) is 18.8 Å². The van der Waals surface area contributed by atoms with Gasteiger partial charge in [0.1, 0.15) is 11.8 Å². The van der Waals surface area contributed by atoms with Gasteiger partial charge < -0.3 is 15.5 Å². The lowest BCUT2D eigenvalue weighted by Crippen LogP contribution is -2.20. The molecule has 0 aliphatic rings. The Labute approximate surface area is 87.8 Å². The quantitative estimate of drug-likeness (QED) is 0.648. The first-order chi connectivity index (χ1) is 7.06. The zero-order valence-corrected chi connectivity index (χ0v) is 8.64. The summed E-state index contributed by atoms with van der Waals surface area (Å²) in [5.74, 6) is -0.284. The van der Waals surface area contributed by atoms with Crippen molar-refractivity contribution in [2.45, 2.75) is 19.1 Å². The van der Waals surface area contributed by atoms with Gasteiger partial charge in [0.15, 0.2) is 0 Å². The summed E-state index contributed by atoms with van der Waals surface area (Å²) >= 11 is 0. The average molecular weight is 210 g/mol. The van der Waals surface area contributed by atoms with Crippen molar-refractivity contribution in [3.05, 3.63) is 29.6 Å². The minimum atomic E-state index is -0.976. The molecule has 0 saturated heterocycles. The topological polar surface area (TPSA) is 82.5 Å². The van der Waals surface area contributed by atoms with E-state index in [1.54, 1.807) is 6.07 Å². The third-order valence-electron chi connectivity index (χ3n) is 2.04. The van der Waals surface area contributed by atoms with Crippen molar-refractivity contribution in [2.24, 2.45) is 0 Å². The minimum absolute atomic E-state index is 0.277. The van der Waals surface area contributed by atoms with E-state index in [0.717, 1.165) is 0 Å². The molecule has 15 heavy (non-hydrogen) atoms. The van der Waals surface area contributed by atoms with Crippen LogP contribution in [0.3, 0.4) is 0 Å². The van der Waals surface area contributed by atoms with Crippen LogP contribution in [0.2, 0.25) is 0 Å². The Balaban J connectivity index is 2.85. The predicted octanol–water partition coefficient (Wildman–Crippen LogP) is -0.145. The number of aromatic nitrogens is 1. The Morgan fingerprint density at radius 3 is 2.53 bits per heavy atom. The van der Waals surface area contributed by atoms with E-state index in [1.807, 2.05) is 0 Å². The van der Waals surface area contributed by atoms with Crippen LogP contribution in [-0.2, 0) is 0 Å². The highest BCUT2D eigenvalue weighted by Gasteiger charge is 2.14. The zero-order valence-electron chi connectivity index (χ0n) is 8.64. The number of aliphatic hydroxyl groups is 2. The molecule has 1 aromatic heterocycles. The molecule has 0 radical (unpaired) electrons. The maximum Gasteiger partial charge on any atom is 0.269 e. The Morgan fingerprint density at radius 2 is 2.13 bits per heavy atom. The molecule has 0 saturated carbocycles. The van der Waals surface area contributed by atoms with Gasteiger partial charge >= 0.3 is 0 Å². The maximum atomic E-state index is 11.1.